The van der Waals surface area contributed by atoms with E-state index in [0.29, 0.717) is 19.1 Å². The summed E-state index contributed by atoms with van der Waals surface area (Å²) in [5.41, 5.74) is 0.433. The minimum absolute atomic E-state index is 0.0789. The molecule has 2 atom stereocenters. The number of carbonyl (C=O) groups is 3. The average Bonchev–Trinajstić information content (AvgIpc) is 3.27. The molecule has 166 valence electrons. The van der Waals surface area contributed by atoms with E-state index < -0.39 is 17.5 Å². The zero-order valence-corrected chi connectivity index (χ0v) is 16.7. The Morgan fingerprint density at radius 1 is 1.13 bits per heavy atom. The van der Waals surface area contributed by atoms with Crippen molar-refractivity contribution < 1.29 is 38.9 Å². The number of furan rings is 1. The molecule has 1 aliphatic carbocycles. The van der Waals surface area contributed by atoms with E-state index in [9.17, 15) is 9.90 Å². The van der Waals surface area contributed by atoms with Crippen LogP contribution >= 0.6 is 0 Å². The van der Waals surface area contributed by atoms with Crippen LogP contribution in [0.4, 0.5) is 0 Å². The second-order valence-electron chi connectivity index (χ2n) is 8.20. The van der Waals surface area contributed by atoms with Gasteiger partial charge in [-0.2, -0.15) is 0 Å². The molecule has 1 amide bonds. The highest BCUT2D eigenvalue weighted by Gasteiger charge is 2.42. The first kappa shape index (κ1) is 22.3. The molecule has 0 spiro atoms. The van der Waals surface area contributed by atoms with E-state index in [4.69, 9.17) is 29.0 Å². The van der Waals surface area contributed by atoms with Crippen molar-refractivity contribution in [2.75, 3.05) is 32.8 Å². The fraction of sp³-hybridized carbons (Fsp3) is 0.650. The third kappa shape index (κ3) is 5.80. The predicted octanol–water partition coefficient (Wildman–Crippen LogP) is 0.400. The van der Waals surface area contributed by atoms with Crippen LogP contribution in [0.3, 0.4) is 0 Å². The summed E-state index contributed by atoms with van der Waals surface area (Å²) in [7, 11) is 0. The van der Waals surface area contributed by atoms with E-state index >= 15 is 0 Å². The number of hydrogen-bond acceptors (Lipinski definition) is 7. The number of carboxylic acid groups (broad SMARTS) is 2. The van der Waals surface area contributed by atoms with Crippen molar-refractivity contribution in [3.8, 4) is 0 Å². The van der Waals surface area contributed by atoms with Gasteiger partial charge in [0.15, 0.2) is 0 Å². The van der Waals surface area contributed by atoms with Gasteiger partial charge in [0.1, 0.15) is 0 Å². The zero-order valence-electron chi connectivity index (χ0n) is 16.7. The van der Waals surface area contributed by atoms with Crippen LogP contribution in [0.25, 0.3) is 0 Å². The minimum Gasteiger partial charge on any atom is -0.473 e. The molecule has 3 heterocycles. The van der Waals surface area contributed by atoms with Crippen molar-refractivity contribution in [2.24, 2.45) is 5.92 Å². The standard InChI is InChI=1S/C18H26N2O4.C2H2O4/c21-17(8-18(22)3-1-4-18)20-11-15-10-19(5-7-24-16(15)12-20)9-14-2-6-23-13-14;3-1(4)2(5)6/h2,6,13,15-16,22H,1,3-5,7-12H2;(H,3,4)(H,5,6)/t15-,16+;/m0./s1. The number of likely N-dealkylation sites (tertiary alicyclic amines) is 1. The first-order valence-electron chi connectivity index (χ1n) is 10.1. The van der Waals surface area contributed by atoms with Gasteiger partial charge in [-0.15, -0.1) is 0 Å². The molecule has 3 aliphatic rings. The first-order chi connectivity index (χ1) is 14.3. The quantitative estimate of drug-likeness (QED) is 0.586. The number of carboxylic acids is 2. The molecule has 3 fully saturated rings. The van der Waals surface area contributed by atoms with Crippen LogP contribution in [0.15, 0.2) is 23.0 Å². The van der Waals surface area contributed by atoms with Gasteiger partial charge in [0.25, 0.3) is 0 Å². The summed E-state index contributed by atoms with van der Waals surface area (Å²) < 4.78 is 11.2. The predicted molar refractivity (Wildman–Crippen MR) is 102 cm³/mol. The van der Waals surface area contributed by atoms with Gasteiger partial charge in [-0.25, -0.2) is 9.59 Å². The SMILES string of the molecule is O=C(CC1(O)CCC1)N1C[C@@H]2CN(Cc3ccoc3)CCO[C@@H]2C1.O=C(O)C(=O)O. The van der Waals surface area contributed by atoms with E-state index in [1.807, 2.05) is 11.0 Å². The highest BCUT2D eigenvalue weighted by Crippen LogP contribution is 2.36. The van der Waals surface area contributed by atoms with Crippen molar-refractivity contribution >= 4 is 17.8 Å². The fourth-order valence-corrected chi connectivity index (χ4v) is 4.10. The molecule has 0 bridgehead atoms. The molecule has 2 aliphatic heterocycles. The zero-order chi connectivity index (χ0) is 21.7. The van der Waals surface area contributed by atoms with Gasteiger partial charge in [0.05, 0.1) is 37.3 Å². The molecule has 0 aromatic carbocycles. The Morgan fingerprint density at radius 3 is 2.43 bits per heavy atom. The summed E-state index contributed by atoms with van der Waals surface area (Å²) in [6.07, 6.45) is 6.43. The van der Waals surface area contributed by atoms with E-state index in [1.165, 1.54) is 5.56 Å². The molecule has 0 radical (unpaired) electrons. The summed E-state index contributed by atoms with van der Waals surface area (Å²) in [4.78, 5) is 35.0. The molecule has 1 aromatic rings. The third-order valence-corrected chi connectivity index (χ3v) is 5.90. The van der Waals surface area contributed by atoms with Crippen LogP contribution in [0.2, 0.25) is 0 Å². The van der Waals surface area contributed by atoms with Crippen molar-refractivity contribution in [3.05, 3.63) is 24.2 Å². The van der Waals surface area contributed by atoms with Crippen molar-refractivity contribution in [1.82, 2.24) is 9.80 Å². The lowest BCUT2D eigenvalue weighted by Gasteiger charge is -2.37. The number of rotatable bonds is 4. The molecule has 4 rings (SSSR count). The van der Waals surface area contributed by atoms with Crippen LogP contribution in [-0.4, -0.2) is 87.5 Å². The molecule has 30 heavy (non-hydrogen) atoms. The minimum atomic E-state index is -1.82. The van der Waals surface area contributed by atoms with Crippen LogP contribution in [0, 0.1) is 5.92 Å². The number of fused-ring (bicyclic) bond motifs is 1. The smallest absolute Gasteiger partial charge is 0.414 e. The molecule has 1 aromatic heterocycles. The number of ether oxygens (including phenoxy) is 1. The van der Waals surface area contributed by atoms with E-state index in [-0.39, 0.29) is 18.4 Å². The Labute approximate surface area is 174 Å². The molecule has 1 saturated carbocycles. The van der Waals surface area contributed by atoms with Gasteiger partial charge >= 0.3 is 11.9 Å². The maximum Gasteiger partial charge on any atom is 0.414 e. The number of nitrogens with zero attached hydrogens (tertiary/aromatic N) is 2. The molecule has 3 N–H and O–H groups in total. The fourth-order valence-electron chi connectivity index (χ4n) is 4.10. The Hall–Kier alpha value is -2.43. The topological polar surface area (TPSA) is 141 Å². The second kappa shape index (κ2) is 9.59. The lowest BCUT2D eigenvalue weighted by molar-refractivity contribution is -0.159. The second-order valence-corrected chi connectivity index (χ2v) is 8.20. The normalized spacial score (nSPS) is 25.3. The Kier molecular flexibility index (Phi) is 7.11. The Morgan fingerprint density at radius 2 is 1.87 bits per heavy atom. The maximum atomic E-state index is 12.5. The van der Waals surface area contributed by atoms with Crippen LogP contribution < -0.4 is 0 Å². The lowest BCUT2D eigenvalue weighted by atomic mass is 9.77. The molecule has 2 saturated heterocycles. The van der Waals surface area contributed by atoms with Crippen LogP contribution in [-0.2, 0) is 25.7 Å². The van der Waals surface area contributed by atoms with Crippen molar-refractivity contribution in [2.45, 2.75) is 43.9 Å². The molecule has 10 heteroatoms. The lowest BCUT2D eigenvalue weighted by Crippen LogP contribution is -2.43. The molecular formula is C20H28N2O8. The highest BCUT2D eigenvalue weighted by atomic mass is 16.5. The summed E-state index contributed by atoms with van der Waals surface area (Å²) in [6.45, 7) is 4.80. The van der Waals surface area contributed by atoms with E-state index in [2.05, 4.69) is 4.90 Å². The first-order valence-corrected chi connectivity index (χ1v) is 10.1. The van der Waals surface area contributed by atoms with Crippen molar-refractivity contribution in [3.63, 3.8) is 0 Å². The summed E-state index contributed by atoms with van der Waals surface area (Å²) in [5, 5.41) is 25.0. The maximum absolute atomic E-state index is 12.5. The van der Waals surface area contributed by atoms with Gasteiger partial charge in [0.2, 0.25) is 5.91 Å². The average molecular weight is 424 g/mol. The number of amides is 1. The van der Waals surface area contributed by atoms with E-state index in [0.717, 1.165) is 45.4 Å². The molecular weight excluding hydrogens is 396 g/mol. The number of aliphatic carboxylic acids is 2. The largest absolute Gasteiger partial charge is 0.473 e. The monoisotopic (exact) mass is 424 g/mol. The number of hydrogen-bond donors (Lipinski definition) is 3. The summed E-state index contributed by atoms with van der Waals surface area (Å²) in [6, 6.07) is 1.99. The van der Waals surface area contributed by atoms with Crippen LogP contribution in [0.1, 0.15) is 31.2 Å². The van der Waals surface area contributed by atoms with E-state index in [1.54, 1.807) is 12.5 Å². The van der Waals surface area contributed by atoms with Gasteiger partial charge < -0.3 is 29.4 Å². The van der Waals surface area contributed by atoms with Crippen molar-refractivity contribution in [1.29, 1.82) is 0 Å². The summed E-state index contributed by atoms with van der Waals surface area (Å²) in [5.74, 6) is -3.22. The molecule has 10 nitrogen and oxygen atoms in total. The van der Waals surface area contributed by atoms with Crippen LogP contribution in [0.5, 0.6) is 0 Å². The Bertz CT molecular complexity index is 734. The molecule has 0 unspecified atom stereocenters. The Balaban J connectivity index is 0.000000377. The van der Waals surface area contributed by atoms with Gasteiger partial charge in [-0.1, -0.05) is 0 Å². The highest BCUT2D eigenvalue weighted by molar-refractivity contribution is 6.27. The number of carbonyl (C=O) groups excluding carboxylic acids is 1. The van der Waals surface area contributed by atoms with Gasteiger partial charge in [0, 0.05) is 44.2 Å². The van der Waals surface area contributed by atoms with Gasteiger partial charge in [-0.3, -0.25) is 9.69 Å². The van der Waals surface area contributed by atoms with Gasteiger partial charge in [-0.05, 0) is 25.3 Å². The third-order valence-electron chi connectivity index (χ3n) is 5.90. The number of aliphatic hydroxyl groups is 1. The summed E-state index contributed by atoms with van der Waals surface area (Å²) >= 11 is 0.